The van der Waals surface area contributed by atoms with E-state index in [-0.39, 0.29) is 5.91 Å². The smallest absolute Gasteiger partial charge is 0.251 e. The molecule has 0 saturated carbocycles. The van der Waals surface area contributed by atoms with Crippen LogP contribution in [0.5, 0.6) is 11.5 Å². The van der Waals surface area contributed by atoms with Crippen molar-refractivity contribution in [2.45, 2.75) is 19.8 Å². The molecule has 0 radical (unpaired) electrons. The van der Waals surface area contributed by atoms with Gasteiger partial charge in [0, 0.05) is 24.1 Å². The summed E-state index contributed by atoms with van der Waals surface area (Å²) in [7, 11) is 3.09. The first-order valence-electron chi connectivity index (χ1n) is 9.00. The summed E-state index contributed by atoms with van der Waals surface area (Å²) in [4.78, 5) is 16.7. The monoisotopic (exact) mass is 381 g/mol. The molecule has 0 aliphatic carbocycles. The van der Waals surface area contributed by atoms with Gasteiger partial charge in [0.2, 0.25) is 11.7 Å². The number of hydrogen-bond donors (Lipinski definition) is 1. The van der Waals surface area contributed by atoms with Crippen LogP contribution < -0.4 is 14.8 Å². The number of ether oxygens (including phenoxy) is 2. The fourth-order valence-corrected chi connectivity index (χ4v) is 2.70. The molecule has 28 heavy (non-hydrogen) atoms. The maximum absolute atomic E-state index is 12.3. The van der Waals surface area contributed by atoms with Crippen LogP contribution in [0.15, 0.2) is 47.0 Å². The lowest BCUT2D eigenvalue weighted by atomic mass is 10.1. The third-order valence-electron chi connectivity index (χ3n) is 4.28. The van der Waals surface area contributed by atoms with Gasteiger partial charge in [0.25, 0.3) is 5.91 Å². The quantitative estimate of drug-likeness (QED) is 0.602. The maximum Gasteiger partial charge on any atom is 0.251 e. The standard InChI is InChI=1S/C21H23N3O4/c1-14-6-8-15(9-7-14)20-23-19(28-24-20)5-4-12-22-21(25)16-10-11-17(26-2)18(13-16)27-3/h6-11,13H,4-5,12H2,1-3H3,(H,22,25). The Morgan fingerprint density at radius 1 is 1.07 bits per heavy atom. The summed E-state index contributed by atoms with van der Waals surface area (Å²) in [5.74, 6) is 2.05. The Morgan fingerprint density at radius 2 is 1.82 bits per heavy atom. The number of nitrogens with zero attached hydrogens (tertiary/aromatic N) is 2. The molecule has 0 spiro atoms. The van der Waals surface area contributed by atoms with Crippen molar-refractivity contribution < 1.29 is 18.8 Å². The Labute approximate surface area is 163 Å². The number of amides is 1. The molecule has 3 rings (SSSR count). The molecule has 0 unspecified atom stereocenters. The highest BCUT2D eigenvalue weighted by molar-refractivity contribution is 5.94. The van der Waals surface area contributed by atoms with Crippen molar-refractivity contribution in [3.05, 3.63) is 59.5 Å². The largest absolute Gasteiger partial charge is 0.493 e. The molecule has 7 nitrogen and oxygen atoms in total. The van der Waals surface area contributed by atoms with E-state index in [4.69, 9.17) is 14.0 Å². The fourth-order valence-electron chi connectivity index (χ4n) is 2.70. The summed E-state index contributed by atoms with van der Waals surface area (Å²) in [5.41, 5.74) is 2.61. The number of rotatable bonds is 8. The van der Waals surface area contributed by atoms with E-state index in [1.54, 1.807) is 25.3 Å². The molecule has 0 bridgehead atoms. The van der Waals surface area contributed by atoms with Gasteiger partial charge in [-0.15, -0.1) is 0 Å². The zero-order valence-electron chi connectivity index (χ0n) is 16.2. The van der Waals surface area contributed by atoms with Crippen LogP contribution in [0.25, 0.3) is 11.4 Å². The van der Waals surface area contributed by atoms with Crippen LogP contribution in [0, 0.1) is 6.92 Å². The number of nitrogens with one attached hydrogen (secondary N) is 1. The van der Waals surface area contributed by atoms with Crippen LogP contribution in [0.2, 0.25) is 0 Å². The average molecular weight is 381 g/mol. The van der Waals surface area contributed by atoms with E-state index in [0.29, 0.717) is 48.2 Å². The van der Waals surface area contributed by atoms with Crippen LogP contribution in [0.1, 0.15) is 28.2 Å². The minimum absolute atomic E-state index is 0.174. The van der Waals surface area contributed by atoms with Crippen LogP contribution in [0.4, 0.5) is 0 Å². The Bertz CT molecular complexity index is 935. The Hall–Kier alpha value is -3.35. The van der Waals surface area contributed by atoms with E-state index < -0.39 is 0 Å². The van der Waals surface area contributed by atoms with Gasteiger partial charge in [-0.2, -0.15) is 4.98 Å². The van der Waals surface area contributed by atoms with E-state index in [0.717, 1.165) is 5.56 Å². The fraction of sp³-hybridized carbons (Fsp3) is 0.286. The Balaban J connectivity index is 1.49. The summed E-state index contributed by atoms with van der Waals surface area (Å²) < 4.78 is 15.7. The van der Waals surface area contributed by atoms with E-state index in [9.17, 15) is 4.79 Å². The molecule has 7 heteroatoms. The van der Waals surface area contributed by atoms with Gasteiger partial charge in [-0.3, -0.25) is 4.79 Å². The highest BCUT2D eigenvalue weighted by atomic mass is 16.5. The van der Waals surface area contributed by atoms with Crippen molar-refractivity contribution in [1.82, 2.24) is 15.5 Å². The molecule has 3 aromatic rings. The first-order chi connectivity index (χ1) is 13.6. The number of hydrogen-bond acceptors (Lipinski definition) is 6. The third-order valence-corrected chi connectivity index (χ3v) is 4.28. The zero-order chi connectivity index (χ0) is 19.9. The van der Waals surface area contributed by atoms with E-state index >= 15 is 0 Å². The summed E-state index contributed by atoms with van der Waals surface area (Å²) in [6, 6.07) is 13.0. The van der Waals surface area contributed by atoms with Crippen LogP contribution in [-0.4, -0.2) is 36.8 Å². The van der Waals surface area contributed by atoms with Crippen molar-refractivity contribution in [2.24, 2.45) is 0 Å². The van der Waals surface area contributed by atoms with Crippen molar-refractivity contribution in [3.63, 3.8) is 0 Å². The molecule has 0 saturated heterocycles. The number of methoxy groups -OCH3 is 2. The molecule has 1 aromatic heterocycles. The van der Waals surface area contributed by atoms with Crippen LogP contribution in [0.3, 0.4) is 0 Å². The zero-order valence-corrected chi connectivity index (χ0v) is 16.2. The number of aromatic nitrogens is 2. The summed E-state index contributed by atoms with van der Waals surface area (Å²) >= 11 is 0. The molecule has 146 valence electrons. The number of carbonyl (C=O) groups excluding carboxylic acids is 1. The van der Waals surface area contributed by atoms with Gasteiger partial charge >= 0.3 is 0 Å². The summed E-state index contributed by atoms with van der Waals surface area (Å²) in [5, 5.41) is 6.89. The predicted octanol–water partition coefficient (Wildman–Crippen LogP) is 3.42. The minimum atomic E-state index is -0.174. The number of carbonyl (C=O) groups is 1. The predicted molar refractivity (Wildman–Crippen MR) is 105 cm³/mol. The lowest BCUT2D eigenvalue weighted by Gasteiger charge is -2.09. The first kappa shape index (κ1) is 19.4. The normalized spacial score (nSPS) is 10.5. The summed E-state index contributed by atoms with van der Waals surface area (Å²) in [6.45, 7) is 2.52. The molecular weight excluding hydrogens is 358 g/mol. The second kappa shape index (κ2) is 9.03. The minimum Gasteiger partial charge on any atom is -0.493 e. The molecule has 1 N–H and O–H groups in total. The lowest BCUT2D eigenvalue weighted by molar-refractivity contribution is 0.0952. The topological polar surface area (TPSA) is 86.5 Å². The van der Waals surface area contributed by atoms with Gasteiger partial charge in [-0.1, -0.05) is 35.0 Å². The van der Waals surface area contributed by atoms with Crippen molar-refractivity contribution >= 4 is 5.91 Å². The molecular formula is C21H23N3O4. The first-order valence-corrected chi connectivity index (χ1v) is 9.00. The van der Waals surface area contributed by atoms with E-state index in [1.807, 2.05) is 31.2 Å². The Morgan fingerprint density at radius 3 is 2.54 bits per heavy atom. The van der Waals surface area contributed by atoms with Gasteiger partial charge in [-0.25, -0.2) is 0 Å². The van der Waals surface area contributed by atoms with Crippen LogP contribution in [-0.2, 0) is 6.42 Å². The van der Waals surface area contributed by atoms with Gasteiger partial charge in [0.1, 0.15) is 0 Å². The van der Waals surface area contributed by atoms with Crippen molar-refractivity contribution in [2.75, 3.05) is 20.8 Å². The molecule has 0 atom stereocenters. The second-order valence-corrected chi connectivity index (χ2v) is 6.31. The molecule has 1 heterocycles. The molecule has 0 fully saturated rings. The average Bonchev–Trinajstić information content (AvgIpc) is 3.20. The van der Waals surface area contributed by atoms with Gasteiger partial charge < -0.3 is 19.3 Å². The summed E-state index contributed by atoms with van der Waals surface area (Å²) in [6.07, 6.45) is 1.28. The number of aryl methyl sites for hydroxylation is 2. The second-order valence-electron chi connectivity index (χ2n) is 6.31. The molecule has 0 aliphatic rings. The highest BCUT2D eigenvalue weighted by Gasteiger charge is 2.11. The van der Waals surface area contributed by atoms with Crippen LogP contribution >= 0.6 is 0 Å². The van der Waals surface area contributed by atoms with E-state index in [1.165, 1.54) is 12.7 Å². The van der Waals surface area contributed by atoms with E-state index in [2.05, 4.69) is 15.5 Å². The highest BCUT2D eigenvalue weighted by Crippen LogP contribution is 2.27. The van der Waals surface area contributed by atoms with Gasteiger partial charge in [0.05, 0.1) is 14.2 Å². The SMILES string of the molecule is COc1ccc(C(=O)NCCCc2nc(-c3ccc(C)cc3)no2)cc1OC. The lowest BCUT2D eigenvalue weighted by Crippen LogP contribution is -2.24. The number of benzene rings is 2. The van der Waals surface area contributed by atoms with Crippen molar-refractivity contribution in [1.29, 1.82) is 0 Å². The molecule has 1 amide bonds. The molecule has 2 aromatic carbocycles. The third kappa shape index (κ3) is 4.68. The molecule has 0 aliphatic heterocycles. The van der Waals surface area contributed by atoms with Crippen molar-refractivity contribution in [3.8, 4) is 22.9 Å². The maximum atomic E-state index is 12.3. The Kier molecular flexibility index (Phi) is 6.26. The van der Waals surface area contributed by atoms with Gasteiger partial charge in [0.15, 0.2) is 11.5 Å². The van der Waals surface area contributed by atoms with Gasteiger partial charge in [-0.05, 0) is 31.5 Å².